The molecule has 0 fully saturated rings. The first-order chi connectivity index (χ1) is 4.60. The molecule has 0 saturated heterocycles. The molecule has 0 saturated carbocycles. The minimum Gasteiger partial charge on any atom is -0.344 e. The zero-order valence-corrected chi connectivity index (χ0v) is 6.77. The Balaban J connectivity index is 4.17. The Morgan fingerprint density at radius 1 is 1.40 bits per heavy atom. The second kappa shape index (κ2) is 3.75. The Labute approximate surface area is 64.2 Å². The number of halogens is 1. The second-order valence-electron chi connectivity index (χ2n) is 1.72. The average molecular weight is 169 g/mol. The van der Waals surface area contributed by atoms with E-state index in [0.717, 1.165) is 0 Å². The normalized spacial score (nSPS) is 11.2. The highest BCUT2D eigenvalue weighted by Crippen LogP contribution is 2.12. The maximum atomic E-state index is 10.7. The van der Waals surface area contributed by atoms with Gasteiger partial charge in [0.25, 0.3) is 5.79 Å². The molecular formula is C5H9ClO4. The Morgan fingerprint density at radius 2 is 1.80 bits per heavy atom. The van der Waals surface area contributed by atoms with Crippen LogP contribution >= 0.6 is 11.9 Å². The lowest BCUT2D eigenvalue weighted by Gasteiger charge is -2.21. The van der Waals surface area contributed by atoms with Crippen LogP contribution in [0.2, 0.25) is 0 Å². The van der Waals surface area contributed by atoms with Crippen LogP contribution in [-0.2, 0) is 18.6 Å². The van der Waals surface area contributed by atoms with Gasteiger partial charge in [0.2, 0.25) is 0 Å². The predicted octanol–water partition coefficient (Wildman–Crippen LogP) is 0.692. The molecule has 0 amide bonds. The number of methoxy groups -OCH3 is 2. The fourth-order valence-electron chi connectivity index (χ4n) is 0.320. The molecule has 5 heteroatoms. The van der Waals surface area contributed by atoms with E-state index in [2.05, 4.69) is 13.8 Å². The molecule has 0 bridgehead atoms. The largest absolute Gasteiger partial charge is 0.384 e. The average Bonchev–Trinajstić information content (AvgIpc) is 2.01. The van der Waals surface area contributed by atoms with E-state index >= 15 is 0 Å². The summed E-state index contributed by atoms with van der Waals surface area (Å²) in [7, 11) is 2.63. The minimum absolute atomic E-state index is 0.779. The Hall–Kier alpha value is -0.320. The van der Waals surface area contributed by atoms with Crippen LogP contribution in [0.1, 0.15) is 6.92 Å². The first-order valence-corrected chi connectivity index (χ1v) is 2.85. The van der Waals surface area contributed by atoms with Gasteiger partial charge in [0.05, 0.1) is 0 Å². The quantitative estimate of drug-likeness (QED) is 0.582. The topological polar surface area (TPSA) is 44.8 Å². The van der Waals surface area contributed by atoms with Gasteiger partial charge in [-0.25, -0.2) is 4.79 Å². The van der Waals surface area contributed by atoms with Gasteiger partial charge in [0.1, 0.15) is 11.9 Å². The summed E-state index contributed by atoms with van der Waals surface area (Å²) in [6.07, 6.45) is 0. The molecule has 60 valence electrons. The van der Waals surface area contributed by atoms with Crippen molar-refractivity contribution in [2.75, 3.05) is 14.2 Å². The van der Waals surface area contributed by atoms with Crippen molar-refractivity contribution >= 4 is 17.8 Å². The monoisotopic (exact) mass is 168 g/mol. The third-order valence-electron chi connectivity index (χ3n) is 1.22. The zero-order chi connectivity index (χ0) is 8.20. The number of hydrogen-bond donors (Lipinski definition) is 0. The highest BCUT2D eigenvalue weighted by Gasteiger charge is 2.35. The molecule has 0 N–H and O–H groups in total. The highest BCUT2D eigenvalue weighted by molar-refractivity contribution is 6.13. The summed E-state index contributed by atoms with van der Waals surface area (Å²) in [6.45, 7) is 1.40. The number of ether oxygens (including phenoxy) is 2. The lowest BCUT2D eigenvalue weighted by atomic mass is 10.3. The maximum absolute atomic E-state index is 10.7. The lowest BCUT2D eigenvalue weighted by molar-refractivity contribution is -0.214. The first kappa shape index (κ1) is 9.68. The van der Waals surface area contributed by atoms with E-state index in [-0.39, 0.29) is 0 Å². The smallest absolute Gasteiger partial charge is 0.344 e. The van der Waals surface area contributed by atoms with Crippen LogP contribution in [0.4, 0.5) is 0 Å². The van der Waals surface area contributed by atoms with E-state index in [1.165, 1.54) is 21.1 Å². The molecule has 0 rings (SSSR count). The van der Waals surface area contributed by atoms with Crippen molar-refractivity contribution in [1.82, 2.24) is 0 Å². The van der Waals surface area contributed by atoms with Crippen molar-refractivity contribution in [2.24, 2.45) is 0 Å². The molecule has 0 heterocycles. The van der Waals surface area contributed by atoms with Gasteiger partial charge in [-0.15, -0.1) is 0 Å². The van der Waals surface area contributed by atoms with Gasteiger partial charge in [-0.1, -0.05) is 0 Å². The summed E-state index contributed by atoms with van der Waals surface area (Å²) in [5.74, 6) is -2.18. The van der Waals surface area contributed by atoms with Gasteiger partial charge < -0.3 is 13.8 Å². The van der Waals surface area contributed by atoms with Crippen molar-refractivity contribution in [3.05, 3.63) is 0 Å². The van der Waals surface area contributed by atoms with E-state index < -0.39 is 11.8 Å². The van der Waals surface area contributed by atoms with Gasteiger partial charge in [0, 0.05) is 21.1 Å². The molecule has 0 atom stereocenters. The van der Waals surface area contributed by atoms with Crippen molar-refractivity contribution in [3.63, 3.8) is 0 Å². The fourth-order valence-corrected chi connectivity index (χ4v) is 0.460. The fraction of sp³-hybridized carbons (Fsp3) is 0.800. The van der Waals surface area contributed by atoms with Gasteiger partial charge in [-0.2, -0.15) is 0 Å². The minimum atomic E-state index is -1.40. The molecule has 0 spiro atoms. The van der Waals surface area contributed by atoms with Crippen molar-refractivity contribution in [1.29, 1.82) is 0 Å². The first-order valence-electron chi connectivity index (χ1n) is 2.54. The van der Waals surface area contributed by atoms with Crippen LogP contribution in [-0.4, -0.2) is 26.0 Å². The molecule has 0 aromatic rings. The number of carbonyl (C=O) groups excluding carboxylic acids is 1. The van der Waals surface area contributed by atoms with E-state index in [1.54, 1.807) is 0 Å². The van der Waals surface area contributed by atoms with Crippen LogP contribution in [0.25, 0.3) is 0 Å². The third-order valence-corrected chi connectivity index (χ3v) is 1.36. The summed E-state index contributed by atoms with van der Waals surface area (Å²) in [5.41, 5.74) is 0. The number of rotatable bonds is 3. The molecule has 4 nitrogen and oxygen atoms in total. The standard InChI is InChI=1S/C5H9ClO4/c1-5(8-2,9-3)4(7)10-6/h1-3H3. The number of carbonyl (C=O) groups is 1. The van der Waals surface area contributed by atoms with Crippen LogP contribution in [0.5, 0.6) is 0 Å². The van der Waals surface area contributed by atoms with Crippen LogP contribution in [0.3, 0.4) is 0 Å². The summed E-state index contributed by atoms with van der Waals surface area (Å²) < 4.78 is 13.2. The Kier molecular flexibility index (Phi) is 3.63. The molecule has 0 unspecified atom stereocenters. The van der Waals surface area contributed by atoms with E-state index in [9.17, 15) is 4.79 Å². The van der Waals surface area contributed by atoms with Gasteiger partial charge in [-0.05, 0) is 0 Å². The van der Waals surface area contributed by atoms with E-state index in [4.69, 9.17) is 11.9 Å². The Bertz CT molecular complexity index is 121. The molecule has 0 aliphatic rings. The molecule has 10 heavy (non-hydrogen) atoms. The van der Waals surface area contributed by atoms with Crippen LogP contribution in [0, 0.1) is 0 Å². The molecule has 0 radical (unpaired) electrons. The summed E-state index contributed by atoms with van der Waals surface area (Å²) in [5, 5.41) is 0. The van der Waals surface area contributed by atoms with E-state index in [1.807, 2.05) is 0 Å². The van der Waals surface area contributed by atoms with Gasteiger partial charge in [-0.3, -0.25) is 0 Å². The molecule has 0 aromatic carbocycles. The molecule has 0 aliphatic heterocycles. The van der Waals surface area contributed by atoms with Crippen molar-refractivity contribution in [2.45, 2.75) is 12.7 Å². The molecule has 0 aromatic heterocycles. The summed E-state index contributed by atoms with van der Waals surface area (Å²) in [4.78, 5) is 10.7. The van der Waals surface area contributed by atoms with Crippen LogP contribution < -0.4 is 0 Å². The van der Waals surface area contributed by atoms with Crippen molar-refractivity contribution < 1.29 is 18.6 Å². The molecule has 0 aliphatic carbocycles. The predicted molar refractivity (Wildman–Crippen MR) is 34.4 cm³/mol. The molecular weight excluding hydrogens is 160 g/mol. The summed E-state index contributed by atoms with van der Waals surface area (Å²) >= 11 is 4.78. The lowest BCUT2D eigenvalue weighted by Crippen LogP contribution is -2.39. The zero-order valence-electron chi connectivity index (χ0n) is 6.01. The summed E-state index contributed by atoms with van der Waals surface area (Å²) in [6, 6.07) is 0. The highest BCUT2D eigenvalue weighted by atomic mass is 35.5. The van der Waals surface area contributed by atoms with Crippen LogP contribution in [0.15, 0.2) is 0 Å². The second-order valence-corrected chi connectivity index (χ2v) is 1.87. The Morgan fingerprint density at radius 3 is 1.90 bits per heavy atom. The van der Waals surface area contributed by atoms with Gasteiger partial charge in [0.15, 0.2) is 0 Å². The van der Waals surface area contributed by atoms with E-state index in [0.29, 0.717) is 0 Å². The maximum Gasteiger partial charge on any atom is 0.384 e. The number of hydrogen-bond acceptors (Lipinski definition) is 4. The third kappa shape index (κ3) is 1.83. The van der Waals surface area contributed by atoms with Crippen molar-refractivity contribution in [3.8, 4) is 0 Å². The van der Waals surface area contributed by atoms with Gasteiger partial charge >= 0.3 is 5.97 Å². The SMILES string of the molecule is COC(C)(OC)C(=O)OCl.